The fourth-order valence-electron chi connectivity index (χ4n) is 1.32. The van der Waals surface area contributed by atoms with E-state index in [9.17, 15) is 18.4 Å². The Hall–Kier alpha value is -1.04. The third kappa shape index (κ3) is 3.37. The zero-order chi connectivity index (χ0) is 10.6. The molecule has 0 aromatic carbocycles. The van der Waals surface area contributed by atoms with E-state index >= 15 is 0 Å². The van der Waals surface area contributed by atoms with Crippen molar-refractivity contribution in [2.24, 2.45) is 0 Å². The summed E-state index contributed by atoms with van der Waals surface area (Å²) in [5, 5.41) is 0. The lowest BCUT2D eigenvalue weighted by molar-refractivity contribution is -0.157. The second-order valence-electron chi connectivity index (χ2n) is 3.29. The smallest absolute Gasteiger partial charge is 0.365 e. The molecule has 0 unspecified atom stereocenters. The molecule has 80 valence electrons. The SMILES string of the molecule is O=CC(=O)ONC1CCC(F)(F)CC1. The summed E-state index contributed by atoms with van der Waals surface area (Å²) in [5.74, 6) is -3.64. The van der Waals surface area contributed by atoms with Crippen LogP contribution in [0, 0.1) is 0 Å². The van der Waals surface area contributed by atoms with Crippen molar-refractivity contribution in [3.63, 3.8) is 0 Å². The lowest BCUT2D eigenvalue weighted by Crippen LogP contribution is -2.38. The second kappa shape index (κ2) is 4.45. The van der Waals surface area contributed by atoms with Crippen molar-refractivity contribution in [1.82, 2.24) is 5.48 Å². The molecule has 0 radical (unpaired) electrons. The number of aldehydes is 1. The second-order valence-corrected chi connectivity index (χ2v) is 3.29. The van der Waals surface area contributed by atoms with Gasteiger partial charge in [-0.05, 0) is 12.8 Å². The fourth-order valence-corrected chi connectivity index (χ4v) is 1.32. The molecule has 14 heavy (non-hydrogen) atoms. The van der Waals surface area contributed by atoms with Gasteiger partial charge in [0.25, 0.3) is 0 Å². The minimum Gasteiger partial charge on any atom is -0.365 e. The van der Waals surface area contributed by atoms with Crippen LogP contribution in [-0.2, 0) is 14.4 Å². The van der Waals surface area contributed by atoms with Gasteiger partial charge < -0.3 is 4.84 Å². The van der Waals surface area contributed by atoms with Crippen molar-refractivity contribution in [3.8, 4) is 0 Å². The molecule has 0 atom stereocenters. The molecule has 4 nitrogen and oxygen atoms in total. The Morgan fingerprint density at radius 1 is 1.43 bits per heavy atom. The van der Waals surface area contributed by atoms with Gasteiger partial charge in [-0.1, -0.05) is 0 Å². The first-order chi connectivity index (χ1) is 6.53. The highest BCUT2D eigenvalue weighted by Gasteiger charge is 2.35. The van der Waals surface area contributed by atoms with Crippen LogP contribution in [0.15, 0.2) is 0 Å². The van der Waals surface area contributed by atoms with Gasteiger partial charge in [-0.15, -0.1) is 5.48 Å². The van der Waals surface area contributed by atoms with Crippen molar-refractivity contribution in [1.29, 1.82) is 0 Å². The molecule has 0 spiro atoms. The Bertz CT molecular complexity index is 223. The lowest BCUT2D eigenvalue weighted by Gasteiger charge is -2.27. The van der Waals surface area contributed by atoms with Crippen LogP contribution in [-0.4, -0.2) is 24.2 Å². The van der Waals surface area contributed by atoms with Crippen LogP contribution < -0.4 is 5.48 Å². The molecule has 1 rings (SSSR count). The van der Waals surface area contributed by atoms with E-state index in [1.54, 1.807) is 0 Å². The maximum absolute atomic E-state index is 12.7. The fraction of sp³-hybridized carbons (Fsp3) is 0.750. The molecule has 1 N–H and O–H groups in total. The van der Waals surface area contributed by atoms with Gasteiger partial charge in [-0.25, -0.2) is 13.6 Å². The Balaban J connectivity index is 2.22. The van der Waals surface area contributed by atoms with Crippen LogP contribution in [0.1, 0.15) is 25.7 Å². The third-order valence-corrected chi connectivity index (χ3v) is 2.14. The van der Waals surface area contributed by atoms with Gasteiger partial charge in [0.15, 0.2) is 0 Å². The Morgan fingerprint density at radius 3 is 2.50 bits per heavy atom. The third-order valence-electron chi connectivity index (χ3n) is 2.14. The van der Waals surface area contributed by atoms with Gasteiger partial charge in [0, 0.05) is 18.9 Å². The lowest BCUT2D eigenvalue weighted by atomic mass is 9.93. The zero-order valence-electron chi connectivity index (χ0n) is 7.46. The average Bonchev–Trinajstić information content (AvgIpc) is 2.16. The molecule has 1 aliphatic carbocycles. The summed E-state index contributed by atoms with van der Waals surface area (Å²) in [5.41, 5.74) is 2.30. The van der Waals surface area contributed by atoms with Gasteiger partial charge >= 0.3 is 5.97 Å². The van der Waals surface area contributed by atoms with E-state index in [1.807, 2.05) is 0 Å². The predicted molar refractivity (Wildman–Crippen MR) is 42.5 cm³/mol. The number of carbonyl (C=O) groups is 2. The highest BCUT2D eigenvalue weighted by molar-refractivity contribution is 6.20. The summed E-state index contributed by atoms with van der Waals surface area (Å²) < 4.78 is 25.3. The van der Waals surface area contributed by atoms with E-state index in [0.29, 0.717) is 0 Å². The summed E-state index contributed by atoms with van der Waals surface area (Å²) in [6.45, 7) is 0. The molecule has 1 saturated carbocycles. The normalized spacial score (nSPS) is 21.6. The first-order valence-corrected chi connectivity index (χ1v) is 4.33. The van der Waals surface area contributed by atoms with Crippen LogP contribution in [0.5, 0.6) is 0 Å². The number of alkyl halides is 2. The van der Waals surface area contributed by atoms with E-state index in [4.69, 9.17) is 0 Å². The molecule has 1 aliphatic rings. The van der Waals surface area contributed by atoms with Gasteiger partial charge in [-0.3, -0.25) is 4.79 Å². The number of halogens is 2. The van der Waals surface area contributed by atoms with Gasteiger partial charge in [0.2, 0.25) is 12.2 Å². The molecule has 0 heterocycles. The molecule has 0 amide bonds. The topological polar surface area (TPSA) is 55.4 Å². The van der Waals surface area contributed by atoms with Crippen LogP contribution in [0.4, 0.5) is 8.78 Å². The zero-order valence-corrected chi connectivity index (χ0v) is 7.46. The molecular weight excluding hydrogens is 196 g/mol. The minimum absolute atomic E-state index is 0.0183. The minimum atomic E-state index is -2.60. The van der Waals surface area contributed by atoms with E-state index < -0.39 is 11.9 Å². The van der Waals surface area contributed by atoms with E-state index in [1.165, 1.54) is 0 Å². The number of hydrogen-bond donors (Lipinski definition) is 1. The number of hydroxylamine groups is 1. The molecule has 6 heteroatoms. The van der Waals surface area contributed by atoms with Gasteiger partial charge in [0.1, 0.15) is 0 Å². The van der Waals surface area contributed by atoms with E-state index in [0.717, 1.165) is 0 Å². The molecule has 0 saturated heterocycles. The number of hydrogen-bond acceptors (Lipinski definition) is 4. The maximum Gasteiger partial charge on any atom is 0.389 e. The monoisotopic (exact) mass is 207 g/mol. The average molecular weight is 207 g/mol. The van der Waals surface area contributed by atoms with Crippen molar-refractivity contribution >= 4 is 12.3 Å². The Labute approximate surface area is 79.6 Å². The highest BCUT2D eigenvalue weighted by atomic mass is 19.3. The summed E-state index contributed by atoms with van der Waals surface area (Å²) in [4.78, 5) is 24.5. The van der Waals surface area contributed by atoms with Crippen molar-refractivity contribution in [3.05, 3.63) is 0 Å². The van der Waals surface area contributed by atoms with Crippen molar-refractivity contribution in [2.75, 3.05) is 0 Å². The molecular formula is C8H11F2NO3. The maximum atomic E-state index is 12.7. The van der Waals surface area contributed by atoms with E-state index in [-0.39, 0.29) is 38.0 Å². The van der Waals surface area contributed by atoms with Crippen LogP contribution in [0.3, 0.4) is 0 Å². The molecule has 0 aliphatic heterocycles. The van der Waals surface area contributed by atoms with Gasteiger partial charge in [-0.2, -0.15) is 0 Å². The Morgan fingerprint density at radius 2 is 2.00 bits per heavy atom. The van der Waals surface area contributed by atoms with Crippen LogP contribution in [0.2, 0.25) is 0 Å². The predicted octanol–water partition coefficient (Wildman–Crippen LogP) is 0.811. The van der Waals surface area contributed by atoms with Crippen molar-refractivity contribution in [2.45, 2.75) is 37.6 Å². The molecule has 0 aromatic heterocycles. The number of nitrogens with one attached hydrogen (secondary N) is 1. The number of rotatable bonds is 3. The summed E-state index contributed by atoms with van der Waals surface area (Å²) in [6.07, 6.45) is 0.0509. The van der Waals surface area contributed by atoms with Crippen LogP contribution >= 0.6 is 0 Å². The summed E-state index contributed by atoms with van der Waals surface area (Å²) in [7, 11) is 0. The summed E-state index contributed by atoms with van der Waals surface area (Å²) in [6, 6.07) is -0.279. The highest BCUT2D eigenvalue weighted by Crippen LogP contribution is 2.32. The molecule has 0 bridgehead atoms. The molecule has 0 aromatic rings. The summed E-state index contributed by atoms with van der Waals surface area (Å²) >= 11 is 0. The first-order valence-electron chi connectivity index (χ1n) is 4.33. The van der Waals surface area contributed by atoms with Crippen LogP contribution in [0.25, 0.3) is 0 Å². The first kappa shape index (κ1) is 11.0. The van der Waals surface area contributed by atoms with Crippen molar-refractivity contribution < 1.29 is 23.2 Å². The standard InChI is InChI=1S/C8H11F2NO3/c9-8(10)3-1-6(2-4-8)11-14-7(13)5-12/h5-6,11H,1-4H2. The quantitative estimate of drug-likeness (QED) is 0.422. The number of carbonyl (C=O) groups excluding carboxylic acids is 2. The molecule has 1 fully saturated rings. The largest absolute Gasteiger partial charge is 0.389 e. The Kier molecular flexibility index (Phi) is 3.51. The van der Waals surface area contributed by atoms with E-state index in [2.05, 4.69) is 10.3 Å². The van der Waals surface area contributed by atoms with Gasteiger partial charge in [0.05, 0.1) is 0 Å².